The minimum Gasteiger partial charge on any atom is -0.492 e. The number of nitrogens with one attached hydrogen (secondary N) is 1. The van der Waals surface area contributed by atoms with Crippen molar-refractivity contribution in [2.75, 3.05) is 13.2 Å². The van der Waals surface area contributed by atoms with Gasteiger partial charge in [0.25, 0.3) is 0 Å². The summed E-state index contributed by atoms with van der Waals surface area (Å²) in [5.74, 6) is 0.733. The van der Waals surface area contributed by atoms with Gasteiger partial charge in [0.15, 0.2) is 0 Å². The Kier molecular flexibility index (Phi) is 5.21. The van der Waals surface area contributed by atoms with E-state index in [-0.39, 0.29) is 13.2 Å². The van der Waals surface area contributed by atoms with Gasteiger partial charge in [0, 0.05) is 6.54 Å². The molecule has 0 atom stereocenters. The molecule has 0 saturated heterocycles. The second-order valence-corrected chi connectivity index (χ2v) is 7.06. The highest BCUT2D eigenvalue weighted by atomic mass is 32.2. The van der Waals surface area contributed by atoms with Gasteiger partial charge < -0.3 is 4.74 Å². The zero-order chi connectivity index (χ0) is 16.2. The number of rotatable bonds is 6. The quantitative estimate of drug-likeness (QED) is 0.833. The number of hydrogen-bond acceptors (Lipinski definition) is 3. The number of aryl methyl sites for hydroxylation is 3. The highest BCUT2D eigenvalue weighted by Gasteiger charge is 2.16. The first-order chi connectivity index (χ1) is 10.4. The third-order valence-corrected chi connectivity index (χ3v) is 4.92. The lowest BCUT2D eigenvalue weighted by Gasteiger charge is -2.11. The van der Waals surface area contributed by atoms with Crippen molar-refractivity contribution in [3.05, 3.63) is 59.2 Å². The third-order valence-electron chi connectivity index (χ3n) is 3.32. The molecule has 0 amide bonds. The largest absolute Gasteiger partial charge is 0.492 e. The van der Waals surface area contributed by atoms with Gasteiger partial charge in [-0.25, -0.2) is 13.1 Å². The molecule has 0 unspecified atom stereocenters. The molecule has 0 radical (unpaired) electrons. The molecule has 0 aliphatic carbocycles. The second kappa shape index (κ2) is 6.94. The summed E-state index contributed by atoms with van der Waals surface area (Å²) in [5, 5.41) is 0. The molecule has 0 saturated carbocycles. The van der Waals surface area contributed by atoms with Crippen LogP contribution in [0.4, 0.5) is 0 Å². The third kappa shape index (κ3) is 4.32. The van der Waals surface area contributed by atoms with Crippen LogP contribution in [-0.4, -0.2) is 21.6 Å². The highest BCUT2D eigenvalue weighted by molar-refractivity contribution is 7.89. The summed E-state index contributed by atoms with van der Waals surface area (Å²) in [6.07, 6.45) is 0. The van der Waals surface area contributed by atoms with Crippen molar-refractivity contribution in [1.29, 1.82) is 0 Å². The lowest BCUT2D eigenvalue weighted by molar-refractivity contribution is 0.323. The minimum atomic E-state index is -3.50. The Morgan fingerprint density at radius 1 is 0.955 bits per heavy atom. The van der Waals surface area contributed by atoms with Gasteiger partial charge in [0.05, 0.1) is 4.90 Å². The normalized spacial score (nSPS) is 11.4. The van der Waals surface area contributed by atoms with Crippen molar-refractivity contribution >= 4 is 10.0 Å². The molecule has 0 bridgehead atoms. The predicted octanol–water partition coefficient (Wildman–Crippen LogP) is 2.97. The van der Waals surface area contributed by atoms with Crippen molar-refractivity contribution in [2.45, 2.75) is 25.7 Å². The fraction of sp³-hybridized carbons (Fsp3) is 0.294. The van der Waals surface area contributed by atoms with Gasteiger partial charge in [-0.3, -0.25) is 0 Å². The van der Waals surface area contributed by atoms with E-state index in [1.54, 1.807) is 13.0 Å². The summed E-state index contributed by atoms with van der Waals surface area (Å²) in [6, 6.07) is 13.0. The lowest BCUT2D eigenvalue weighted by atomic mass is 10.2. The van der Waals surface area contributed by atoms with E-state index >= 15 is 0 Å². The Balaban J connectivity index is 1.93. The minimum absolute atomic E-state index is 0.226. The Morgan fingerprint density at radius 2 is 1.59 bits per heavy atom. The van der Waals surface area contributed by atoms with E-state index in [9.17, 15) is 8.42 Å². The number of ether oxygens (including phenoxy) is 1. The number of sulfonamides is 1. The molecule has 0 aromatic heterocycles. The van der Waals surface area contributed by atoms with Gasteiger partial charge in [-0.15, -0.1) is 0 Å². The van der Waals surface area contributed by atoms with Crippen molar-refractivity contribution in [1.82, 2.24) is 4.72 Å². The van der Waals surface area contributed by atoms with E-state index < -0.39 is 10.0 Å². The SMILES string of the molecule is Cc1ccc(OCCNS(=O)(=O)c2cc(C)ccc2C)cc1. The smallest absolute Gasteiger partial charge is 0.240 e. The van der Waals surface area contributed by atoms with Crippen LogP contribution in [-0.2, 0) is 10.0 Å². The first kappa shape index (κ1) is 16.5. The molecule has 118 valence electrons. The van der Waals surface area contributed by atoms with E-state index in [0.717, 1.165) is 22.4 Å². The van der Waals surface area contributed by atoms with E-state index in [1.807, 2.05) is 50.2 Å². The average molecular weight is 319 g/mol. The van der Waals surface area contributed by atoms with Crippen LogP contribution in [0.15, 0.2) is 47.4 Å². The van der Waals surface area contributed by atoms with Gasteiger partial charge >= 0.3 is 0 Å². The monoisotopic (exact) mass is 319 g/mol. The summed E-state index contributed by atoms with van der Waals surface area (Å²) in [5.41, 5.74) is 2.81. The Labute approximate surface area is 132 Å². The summed E-state index contributed by atoms with van der Waals surface area (Å²) in [4.78, 5) is 0.322. The van der Waals surface area contributed by atoms with Gasteiger partial charge in [-0.05, 0) is 50.1 Å². The fourth-order valence-corrected chi connectivity index (χ4v) is 3.39. The van der Waals surface area contributed by atoms with Crippen LogP contribution in [0.5, 0.6) is 5.75 Å². The van der Waals surface area contributed by atoms with Gasteiger partial charge in [0.2, 0.25) is 10.0 Å². The maximum atomic E-state index is 12.3. The van der Waals surface area contributed by atoms with Crippen LogP contribution >= 0.6 is 0 Å². The lowest BCUT2D eigenvalue weighted by Crippen LogP contribution is -2.28. The Morgan fingerprint density at radius 3 is 2.27 bits per heavy atom. The van der Waals surface area contributed by atoms with Crippen molar-refractivity contribution in [3.8, 4) is 5.75 Å². The van der Waals surface area contributed by atoms with Crippen LogP contribution in [0.2, 0.25) is 0 Å². The summed E-state index contributed by atoms with van der Waals surface area (Å²) < 4.78 is 32.7. The van der Waals surface area contributed by atoms with Gasteiger partial charge in [-0.1, -0.05) is 29.8 Å². The Hall–Kier alpha value is -1.85. The van der Waals surface area contributed by atoms with Crippen molar-refractivity contribution < 1.29 is 13.2 Å². The van der Waals surface area contributed by atoms with E-state index in [1.165, 1.54) is 0 Å². The molecule has 4 nitrogen and oxygen atoms in total. The number of hydrogen-bond donors (Lipinski definition) is 1. The molecule has 0 heterocycles. The van der Waals surface area contributed by atoms with E-state index in [2.05, 4.69) is 4.72 Å². The average Bonchev–Trinajstić information content (AvgIpc) is 2.48. The maximum Gasteiger partial charge on any atom is 0.240 e. The molecule has 0 fully saturated rings. The first-order valence-corrected chi connectivity index (χ1v) is 8.63. The van der Waals surface area contributed by atoms with Crippen molar-refractivity contribution in [2.24, 2.45) is 0 Å². The molecule has 5 heteroatoms. The molecule has 2 aromatic carbocycles. The van der Waals surface area contributed by atoms with Crippen LogP contribution in [0.25, 0.3) is 0 Å². The molecule has 0 aliphatic heterocycles. The van der Waals surface area contributed by atoms with Crippen molar-refractivity contribution in [3.63, 3.8) is 0 Å². The molecule has 0 aliphatic rings. The van der Waals surface area contributed by atoms with Crippen LogP contribution in [0.3, 0.4) is 0 Å². The molecule has 22 heavy (non-hydrogen) atoms. The first-order valence-electron chi connectivity index (χ1n) is 7.15. The van der Waals surface area contributed by atoms with E-state index in [4.69, 9.17) is 4.74 Å². The summed E-state index contributed by atoms with van der Waals surface area (Å²) in [7, 11) is -3.50. The molecule has 2 rings (SSSR count). The molecular formula is C17H21NO3S. The zero-order valence-electron chi connectivity index (χ0n) is 13.1. The fourth-order valence-electron chi connectivity index (χ4n) is 2.05. The summed E-state index contributed by atoms with van der Waals surface area (Å²) in [6.45, 7) is 6.18. The standard InChI is InChI=1S/C17H21NO3S/c1-13-5-8-16(9-6-13)21-11-10-18-22(19,20)17-12-14(2)4-7-15(17)3/h4-9,12,18H,10-11H2,1-3H3. The molecule has 2 aromatic rings. The molecule has 0 spiro atoms. The molecule has 1 N–H and O–H groups in total. The maximum absolute atomic E-state index is 12.3. The van der Waals surface area contributed by atoms with Crippen LogP contribution in [0.1, 0.15) is 16.7 Å². The summed E-state index contributed by atoms with van der Waals surface area (Å²) >= 11 is 0. The highest BCUT2D eigenvalue weighted by Crippen LogP contribution is 2.16. The topological polar surface area (TPSA) is 55.4 Å². The van der Waals surface area contributed by atoms with Crippen LogP contribution < -0.4 is 9.46 Å². The van der Waals surface area contributed by atoms with Gasteiger partial charge in [0.1, 0.15) is 12.4 Å². The second-order valence-electron chi connectivity index (χ2n) is 5.33. The van der Waals surface area contributed by atoms with Gasteiger partial charge in [-0.2, -0.15) is 0 Å². The Bertz CT molecular complexity index is 737. The van der Waals surface area contributed by atoms with E-state index in [0.29, 0.717) is 4.90 Å². The van der Waals surface area contributed by atoms with Crippen LogP contribution in [0, 0.1) is 20.8 Å². The molecular weight excluding hydrogens is 298 g/mol. The zero-order valence-corrected chi connectivity index (χ0v) is 13.9. The number of benzene rings is 2. The predicted molar refractivity (Wildman–Crippen MR) is 87.8 cm³/mol.